The molecule has 0 aliphatic heterocycles. The molecule has 142 valence electrons. The minimum atomic E-state index is -0.435. The molecule has 9 nitrogen and oxygen atoms in total. The Morgan fingerprint density at radius 3 is 2.81 bits per heavy atom. The summed E-state index contributed by atoms with van der Waals surface area (Å²) in [7, 11) is 0. The number of aliphatic imine (C=N–C) groups is 1. The molecule has 26 heavy (non-hydrogen) atoms. The highest BCUT2D eigenvalue weighted by atomic mass is 127. The highest BCUT2D eigenvalue weighted by Crippen LogP contribution is 2.24. The molecule has 13 heteroatoms. The quantitative estimate of drug-likeness (QED) is 0.0801. The third-order valence-corrected chi connectivity index (χ3v) is 4.22. The van der Waals surface area contributed by atoms with Crippen LogP contribution in [0.5, 0.6) is 0 Å². The van der Waals surface area contributed by atoms with Crippen LogP contribution in [0.2, 0.25) is 0 Å². The number of nitrogens with two attached hydrogens (primary N) is 1. The van der Waals surface area contributed by atoms with Crippen LogP contribution in [0.3, 0.4) is 0 Å². The maximum absolute atomic E-state index is 13.3. The third-order valence-electron chi connectivity index (χ3n) is 2.66. The molecule has 0 radical (unpaired) electrons. The highest BCUT2D eigenvalue weighted by Gasteiger charge is 2.17. The number of hydrogen-bond donors (Lipinski definition) is 4. The molecule has 0 aliphatic carbocycles. The summed E-state index contributed by atoms with van der Waals surface area (Å²) in [6.07, 6.45) is 0.317. The molecule has 0 bridgehead atoms. The van der Waals surface area contributed by atoms with Crippen LogP contribution in [-0.4, -0.2) is 43.1 Å². The van der Waals surface area contributed by atoms with Crippen LogP contribution < -0.4 is 11.2 Å². The molecule has 5 N–H and O–H groups in total. The molecule has 0 fully saturated rings. The zero-order valence-corrected chi connectivity index (χ0v) is 17.9. The van der Waals surface area contributed by atoms with Crippen molar-refractivity contribution in [1.82, 2.24) is 15.8 Å². The van der Waals surface area contributed by atoms with Gasteiger partial charge in [-0.15, -0.1) is 0 Å². The van der Waals surface area contributed by atoms with Gasteiger partial charge in [0.15, 0.2) is 16.6 Å². The topological polar surface area (TPSA) is 142 Å². The van der Waals surface area contributed by atoms with E-state index in [-0.39, 0.29) is 21.8 Å². The molecule has 0 aliphatic rings. The van der Waals surface area contributed by atoms with Crippen molar-refractivity contribution < 1.29 is 19.4 Å². The lowest BCUT2D eigenvalue weighted by Gasteiger charge is -2.03. The number of halogens is 3. The minimum absolute atomic E-state index is 0.0268. The number of thioether (sulfide) groups is 1. The molecule has 1 aromatic heterocycles. The molecule has 0 amide bonds. The van der Waals surface area contributed by atoms with E-state index in [0.29, 0.717) is 22.9 Å². The Hall–Kier alpha value is -1.45. The lowest BCUT2D eigenvalue weighted by molar-refractivity contribution is 0.234. The summed E-state index contributed by atoms with van der Waals surface area (Å²) in [6.45, 7) is 0. The Kier molecular flexibility index (Phi) is 10.5. The minimum Gasteiger partial charge on any atom is -0.409 e. The summed E-state index contributed by atoms with van der Waals surface area (Å²) >= 11 is 6.42. The van der Waals surface area contributed by atoms with E-state index in [1.54, 1.807) is 0 Å². The molecule has 0 atom stereocenters. The van der Waals surface area contributed by atoms with E-state index in [9.17, 15) is 9.60 Å². The number of rotatable bonds is 6. The van der Waals surface area contributed by atoms with Crippen LogP contribution in [0.25, 0.3) is 0 Å². The van der Waals surface area contributed by atoms with Crippen molar-refractivity contribution >= 4 is 67.6 Å². The fraction of sp³-hybridized carbons (Fsp3) is 0.231. The summed E-state index contributed by atoms with van der Waals surface area (Å²) in [5.74, 6) is 0.0552. The van der Waals surface area contributed by atoms with Crippen molar-refractivity contribution in [3.8, 4) is 0 Å². The Bertz CT molecular complexity index is 776. The van der Waals surface area contributed by atoms with Gasteiger partial charge < -0.3 is 10.9 Å². The summed E-state index contributed by atoms with van der Waals surface area (Å²) in [5, 5.41) is 28.4. The molecular weight excluding hydrogens is 546 g/mol. The van der Waals surface area contributed by atoms with Gasteiger partial charge in [0.1, 0.15) is 11.7 Å². The van der Waals surface area contributed by atoms with E-state index in [1.165, 1.54) is 30.0 Å². The standard InChI is InChI=1S/C12H12BrFN6O3S.CH3I/c13-7-5-6(1-2-8(7)14)16-11(18-22)10-12(20-23-19-10)24-4-3-9(15)17-21;1-2/h1-2,5,21-22H,3-4H2,(H2,15,17)(H,16,18);1H3. The van der Waals surface area contributed by atoms with E-state index in [0.717, 1.165) is 0 Å². The van der Waals surface area contributed by atoms with Crippen molar-refractivity contribution in [2.24, 2.45) is 15.9 Å². The van der Waals surface area contributed by atoms with Gasteiger partial charge in [0, 0.05) is 12.2 Å². The molecule has 1 aromatic carbocycles. The second kappa shape index (κ2) is 12.0. The smallest absolute Gasteiger partial charge is 0.186 e. The number of nitrogens with zero attached hydrogens (tertiary/aromatic N) is 4. The number of nitrogens with one attached hydrogen (secondary N) is 1. The molecular formula is C13H15BrFIN6O3S. The number of alkyl halides is 1. The molecule has 2 rings (SSSR count). The first kappa shape index (κ1) is 22.6. The SMILES string of the molecule is CI.N/C(CCSc1nonc1C(=Nc1ccc(F)c(Br)c1)NO)=N\O. The average Bonchev–Trinajstić information content (AvgIpc) is 3.12. The van der Waals surface area contributed by atoms with Gasteiger partial charge in [0.25, 0.3) is 0 Å². The lowest BCUT2D eigenvalue weighted by atomic mass is 10.3. The molecule has 0 saturated heterocycles. The van der Waals surface area contributed by atoms with Crippen LogP contribution in [0.4, 0.5) is 10.1 Å². The van der Waals surface area contributed by atoms with E-state index < -0.39 is 5.82 Å². The van der Waals surface area contributed by atoms with E-state index in [2.05, 4.69) is 63.6 Å². The normalized spacial score (nSPS) is 11.7. The van der Waals surface area contributed by atoms with Crippen molar-refractivity contribution in [3.63, 3.8) is 0 Å². The van der Waals surface area contributed by atoms with Gasteiger partial charge >= 0.3 is 0 Å². The van der Waals surface area contributed by atoms with E-state index in [1.807, 2.05) is 10.4 Å². The predicted molar refractivity (Wildman–Crippen MR) is 108 cm³/mol. The van der Waals surface area contributed by atoms with Gasteiger partial charge in [-0.25, -0.2) is 14.0 Å². The Morgan fingerprint density at radius 2 is 2.19 bits per heavy atom. The van der Waals surface area contributed by atoms with Gasteiger partial charge in [-0.1, -0.05) is 39.5 Å². The zero-order valence-electron chi connectivity index (χ0n) is 13.4. The van der Waals surface area contributed by atoms with Crippen molar-refractivity contribution in [1.29, 1.82) is 0 Å². The largest absolute Gasteiger partial charge is 0.409 e. The number of aromatic nitrogens is 2. The second-order valence-corrected chi connectivity index (χ2v) is 6.22. The van der Waals surface area contributed by atoms with Crippen LogP contribution in [-0.2, 0) is 0 Å². The lowest BCUT2D eigenvalue weighted by Crippen LogP contribution is -2.21. The zero-order chi connectivity index (χ0) is 19.5. The fourth-order valence-electron chi connectivity index (χ4n) is 1.54. The summed E-state index contributed by atoms with van der Waals surface area (Å²) in [5.41, 5.74) is 7.84. The van der Waals surface area contributed by atoms with Crippen LogP contribution in [0.15, 0.2) is 42.5 Å². The number of hydrogen-bond acceptors (Lipinski definition) is 8. The van der Waals surface area contributed by atoms with Gasteiger partial charge in [-0.2, -0.15) is 0 Å². The Morgan fingerprint density at radius 1 is 1.46 bits per heavy atom. The first-order valence-electron chi connectivity index (χ1n) is 6.79. The number of amidine groups is 2. The monoisotopic (exact) mass is 560 g/mol. The van der Waals surface area contributed by atoms with Crippen LogP contribution >= 0.6 is 50.3 Å². The van der Waals surface area contributed by atoms with E-state index in [4.69, 9.17) is 10.9 Å². The van der Waals surface area contributed by atoms with E-state index >= 15 is 0 Å². The van der Waals surface area contributed by atoms with Gasteiger partial charge in [0.05, 0.1) is 10.2 Å². The Balaban J connectivity index is 0.00000163. The summed E-state index contributed by atoms with van der Waals surface area (Å²) in [4.78, 5) is 6.11. The van der Waals surface area contributed by atoms with Crippen LogP contribution in [0.1, 0.15) is 12.1 Å². The summed E-state index contributed by atoms with van der Waals surface area (Å²) < 4.78 is 18.1. The number of oxime groups is 1. The number of hydroxylamine groups is 1. The third kappa shape index (κ3) is 6.69. The number of benzene rings is 1. The second-order valence-electron chi connectivity index (χ2n) is 4.28. The maximum Gasteiger partial charge on any atom is 0.186 e. The van der Waals surface area contributed by atoms with Crippen molar-refractivity contribution in [3.05, 3.63) is 34.2 Å². The molecule has 0 unspecified atom stereocenters. The summed E-state index contributed by atoms with van der Waals surface area (Å²) in [6, 6.07) is 4.09. The first-order chi connectivity index (χ1) is 12.5. The first-order valence-corrected chi connectivity index (χ1v) is 10.7. The maximum atomic E-state index is 13.3. The van der Waals surface area contributed by atoms with Gasteiger partial charge in [-0.05, 0) is 49.4 Å². The van der Waals surface area contributed by atoms with Crippen molar-refractivity contribution in [2.75, 3.05) is 10.7 Å². The molecule has 2 aromatic rings. The average molecular weight is 561 g/mol. The van der Waals surface area contributed by atoms with Gasteiger partial charge in [-0.3, -0.25) is 10.7 Å². The Labute approximate surface area is 174 Å². The fourth-order valence-corrected chi connectivity index (χ4v) is 2.76. The van der Waals surface area contributed by atoms with Gasteiger partial charge in [0.2, 0.25) is 0 Å². The highest BCUT2D eigenvalue weighted by molar-refractivity contribution is 14.1. The molecule has 1 heterocycles. The van der Waals surface area contributed by atoms with Crippen LogP contribution in [0, 0.1) is 5.82 Å². The predicted octanol–water partition coefficient (Wildman–Crippen LogP) is 3.31. The van der Waals surface area contributed by atoms with Crippen molar-refractivity contribution in [2.45, 2.75) is 11.4 Å². The molecule has 0 spiro atoms. The molecule has 0 saturated carbocycles.